The van der Waals surface area contributed by atoms with Crippen LogP contribution in [0, 0.1) is 12.8 Å². The van der Waals surface area contributed by atoms with Crippen molar-refractivity contribution in [2.75, 3.05) is 25.4 Å². The summed E-state index contributed by atoms with van der Waals surface area (Å²) < 4.78 is 26.1. The minimum atomic E-state index is -2.57. The lowest BCUT2D eigenvalue weighted by Gasteiger charge is -2.48. The zero-order chi connectivity index (χ0) is 18.2. The van der Waals surface area contributed by atoms with E-state index in [2.05, 4.69) is 12.2 Å². The summed E-state index contributed by atoms with van der Waals surface area (Å²) in [5.41, 5.74) is 7.24. The van der Waals surface area contributed by atoms with Gasteiger partial charge in [-0.2, -0.15) is 0 Å². The first-order valence-electron chi connectivity index (χ1n) is 9.01. The predicted molar refractivity (Wildman–Crippen MR) is 94.6 cm³/mol. The fourth-order valence-electron chi connectivity index (χ4n) is 3.91. The van der Waals surface area contributed by atoms with Crippen LogP contribution in [0.5, 0.6) is 0 Å². The highest BCUT2D eigenvalue weighted by atomic mass is 19.3. The van der Waals surface area contributed by atoms with Gasteiger partial charge in [0.25, 0.3) is 6.43 Å². The van der Waals surface area contributed by atoms with E-state index in [9.17, 15) is 13.6 Å². The van der Waals surface area contributed by atoms with Crippen molar-refractivity contribution < 1.29 is 13.6 Å². The van der Waals surface area contributed by atoms with E-state index in [4.69, 9.17) is 5.73 Å². The number of carbonyl (C=O) groups is 1. The summed E-state index contributed by atoms with van der Waals surface area (Å²) in [6, 6.07) is 3.15. The van der Waals surface area contributed by atoms with Gasteiger partial charge in [-0.15, -0.1) is 0 Å². The average Bonchev–Trinajstić information content (AvgIpc) is 2.50. The highest BCUT2D eigenvalue weighted by Crippen LogP contribution is 2.35. The number of nitrogens with zero attached hydrogens (tertiary/aromatic N) is 1. The van der Waals surface area contributed by atoms with E-state index >= 15 is 0 Å². The number of carbonyl (C=O) groups excluding carboxylic acids is 1. The molecule has 2 aliphatic rings. The summed E-state index contributed by atoms with van der Waals surface area (Å²) >= 11 is 0. The smallest absolute Gasteiger partial charge is 0.265 e. The van der Waals surface area contributed by atoms with Gasteiger partial charge in [-0.05, 0) is 44.2 Å². The van der Waals surface area contributed by atoms with Crippen molar-refractivity contribution >= 4 is 11.6 Å². The number of anilines is 1. The number of alkyl halides is 2. The molecule has 0 bridgehead atoms. The standard InChI is InChI=1S/C19H27F2N3O/c1-12-14(6-7-15(16(12)22)17(20)21)10-19(2)11-23-8-9-24(19)18(25)13-4-3-5-13/h6-7,13,17,23H,3-5,8-11,22H2,1-2H3/t19-/m0/s1. The maximum atomic E-state index is 13.0. The molecule has 0 aromatic heterocycles. The number of rotatable bonds is 4. The molecule has 1 atom stereocenters. The van der Waals surface area contributed by atoms with Gasteiger partial charge in [0.15, 0.2) is 0 Å². The van der Waals surface area contributed by atoms with Crippen LogP contribution in [0.3, 0.4) is 0 Å². The molecule has 0 radical (unpaired) electrons. The number of hydrogen-bond acceptors (Lipinski definition) is 3. The van der Waals surface area contributed by atoms with Gasteiger partial charge in [0.1, 0.15) is 0 Å². The summed E-state index contributed by atoms with van der Waals surface area (Å²) in [6.07, 6.45) is 1.13. The minimum Gasteiger partial charge on any atom is -0.398 e. The number of nitrogens with one attached hydrogen (secondary N) is 1. The lowest BCUT2D eigenvalue weighted by molar-refractivity contribution is -0.145. The number of hydrogen-bond donors (Lipinski definition) is 2. The molecule has 1 aliphatic heterocycles. The highest BCUT2D eigenvalue weighted by molar-refractivity contribution is 5.80. The number of piperazine rings is 1. The Hall–Kier alpha value is -1.69. The molecule has 0 unspecified atom stereocenters. The third kappa shape index (κ3) is 3.36. The highest BCUT2D eigenvalue weighted by Gasteiger charge is 2.41. The monoisotopic (exact) mass is 351 g/mol. The lowest BCUT2D eigenvalue weighted by atomic mass is 9.81. The third-order valence-electron chi connectivity index (χ3n) is 5.86. The van der Waals surface area contributed by atoms with Gasteiger partial charge in [0.05, 0.1) is 5.54 Å². The van der Waals surface area contributed by atoms with Crippen LogP contribution in [0.1, 0.15) is 49.3 Å². The second kappa shape index (κ2) is 6.90. The first kappa shape index (κ1) is 18.1. The summed E-state index contributed by atoms with van der Waals surface area (Å²) in [5.74, 6) is 0.398. The van der Waals surface area contributed by atoms with Crippen molar-refractivity contribution in [3.63, 3.8) is 0 Å². The molecule has 3 rings (SSSR count). The minimum absolute atomic E-state index is 0.115. The van der Waals surface area contributed by atoms with Crippen LogP contribution < -0.4 is 11.1 Å². The quantitative estimate of drug-likeness (QED) is 0.820. The maximum Gasteiger partial charge on any atom is 0.265 e. The number of benzene rings is 1. The van der Waals surface area contributed by atoms with Crippen molar-refractivity contribution in [2.45, 2.75) is 51.5 Å². The molecule has 1 heterocycles. The molecule has 1 saturated heterocycles. The number of halogens is 2. The van der Waals surface area contributed by atoms with E-state index in [0.717, 1.165) is 31.4 Å². The molecule has 138 valence electrons. The van der Waals surface area contributed by atoms with Gasteiger partial charge in [0.2, 0.25) is 5.91 Å². The molecule has 1 aromatic carbocycles. The Morgan fingerprint density at radius 2 is 2.16 bits per heavy atom. The van der Waals surface area contributed by atoms with Crippen LogP contribution in [0.15, 0.2) is 12.1 Å². The number of nitrogen functional groups attached to an aromatic ring is 1. The van der Waals surface area contributed by atoms with Crippen LogP contribution in [0.4, 0.5) is 14.5 Å². The molecule has 25 heavy (non-hydrogen) atoms. The van der Waals surface area contributed by atoms with Gasteiger partial charge in [0, 0.05) is 36.8 Å². The second-order valence-electron chi connectivity index (χ2n) is 7.62. The Bertz CT molecular complexity index is 660. The Balaban J connectivity index is 1.86. The molecular weight excluding hydrogens is 324 g/mol. The van der Waals surface area contributed by atoms with E-state index in [1.54, 1.807) is 13.0 Å². The van der Waals surface area contributed by atoms with Crippen molar-refractivity contribution in [1.29, 1.82) is 0 Å². The molecule has 3 N–H and O–H groups in total. The third-order valence-corrected chi connectivity index (χ3v) is 5.86. The molecule has 1 amide bonds. The first-order valence-corrected chi connectivity index (χ1v) is 9.01. The zero-order valence-electron chi connectivity index (χ0n) is 14.9. The van der Waals surface area contributed by atoms with Gasteiger partial charge in [-0.3, -0.25) is 4.79 Å². The molecule has 1 saturated carbocycles. The molecule has 1 aromatic rings. The molecular formula is C19H27F2N3O. The second-order valence-corrected chi connectivity index (χ2v) is 7.62. The van der Waals surface area contributed by atoms with E-state index in [0.29, 0.717) is 25.1 Å². The van der Waals surface area contributed by atoms with E-state index in [-0.39, 0.29) is 28.6 Å². The molecule has 1 aliphatic carbocycles. The van der Waals surface area contributed by atoms with Crippen molar-refractivity contribution in [1.82, 2.24) is 10.2 Å². The molecule has 4 nitrogen and oxygen atoms in total. The molecule has 0 spiro atoms. The van der Waals surface area contributed by atoms with Crippen molar-refractivity contribution in [3.05, 3.63) is 28.8 Å². The van der Waals surface area contributed by atoms with Crippen LogP contribution in [-0.4, -0.2) is 36.0 Å². The normalized spacial score (nSPS) is 24.4. The van der Waals surface area contributed by atoms with Crippen LogP contribution in [-0.2, 0) is 11.2 Å². The summed E-state index contributed by atoms with van der Waals surface area (Å²) in [4.78, 5) is 14.9. The van der Waals surface area contributed by atoms with Gasteiger partial charge in [-0.1, -0.05) is 18.6 Å². The Morgan fingerprint density at radius 3 is 2.76 bits per heavy atom. The first-order chi connectivity index (χ1) is 11.8. The fraction of sp³-hybridized carbons (Fsp3) is 0.632. The lowest BCUT2D eigenvalue weighted by Crippen LogP contribution is -2.64. The predicted octanol–water partition coefficient (Wildman–Crippen LogP) is 3.05. The van der Waals surface area contributed by atoms with E-state index in [1.165, 1.54) is 6.07 Å². The van der Waals surface area contributed by atoms with E-state index in [1.807, 2.05) is 4.90 Å². The Labute approximate surface area is 147 Å². The summed E-state index contributed by atoms with van der Waals surface area (Å²) in [5, 5.41) is 3.37. The largest absolute Gasteiger partial charge is 0.398 e. The van der Waals surface area contributed by atoms with Crippen LogP contribution >= 0.6 is 0 Å². The van der Waals surface area contributed by atoms with Crippen molar-refractivity contribution in [2.24, 2.45) is 5.92 Å². The van der Waals surface area contributed by atoms with Crippen LogP contribution in [0.25, 0.3) is 0 Å². The number of amides is 1. The summed E-state index contributed by atoms with van der Waals surface area (Å²) in [7, 11) is 0. The average molecular weight is 351 g/mol. The van der Waals surface area contributed by atoms with Gasteiger partial charge < -0.3 is 16.0 Å². The van der Waals surface area contributed by atoms with Gasteiger partial charge in [-0.25, -0.2) is 8.78 Å². The number of nitrogens with two attached hydrogens (primary N) is 1. The zero-order valence-corrected chi connectivity index (χ0v) is 14.9. The topological polar surface area (TPSA) is 58.4 Å². The fourth-order valence-corrected chi connectivity index (χ4v) is 3.91. The maximum absolute atomic E-state index is 13.0. The SMILES string of the molecule is Cc1c(C[C@@]2(C)CNCCN2C(=O)C2CCC2)ccc(C(F)F)c1N. The Morgan fingerprint density at radius 1 is 1.44 bits per heavy atom. The summed E-state index contributed by atoms with van der Waals surface area (Å²) in [6.45, 7) is 6.04. The Kier molecular flexibility index (Phi) is 5.00. The van der Waals surface area contributed by atoms with Crippen molar-refractivity contribution in [3.8, 4) is 0 Å². The van der Waals surface area contributed by atoms with E-state index < -0.39 is 6.43 Å². The molecule has 2 fully saturated rings. The molecule has 6 heteroatoms. The van der Waals surface area contributed by atoms with Crippen LogP contribution in [0.2, 0.25) is 0 Å². The van der Waals surface area contributed by atoms with Gasteiger partial charge >= 0.3 is 0 Å².